The van der Waals surface area contributed by atoms with Crippen molar-refractivity contribution in [2.75, 3.05) is 19.0 Å². The van der Waals surface area contributed by atoms with Crippen LogP contribution in [0.15, 0.2) is 78.2 Å². The van der Waals surface area contributed by atoms with Crippen LogP contribution in [-0.2, 0) is 22.6 Å². The number of rotatable bonds is 10. The number of halogens is 2. The Morgan fingerprint density at radius 2 is 1.85 bits per heavy atom. The van der Waals surface area contributed by atoms with Crippen LogP contribution in [0.2, 0.25) is 10.0 Å². The van der Waals surface area contributed by atoms with E-state index >= 15 is 0 Å². The summed E-state index contributed by atoms with van der Waals surface area (Å²) in [5, 5.41) is 3.07. The van der Waals surface area contributed by atoms with Gasteiger partial charge in [0.25, 0.3) is 11.1 Å². The molecule has 10 heteroatoms. The first-order valence-electron chi connectivity index (χ1n) is 11.8. The summed E-state index contributed by atoms with van der Waals surface area (Å²) in [4.78, 5) is 39.2. The molecule has 3 amide bonds. The lowest BCUT2D eigenvalue weighted by atomic mass is 10.0. The van der Waals surface area contributed by atoms with Gasteiger partial charge in [0, 0.05) is 10.6 Å². The number of methoxy groups -OCH3 is 1. The van der Waals surface area contributed by atoms with Crippen molar-refractivity contribution in [1.82, 2.24) is 4.90 Å². The molecule has 3 aromatic carbocycles. The van der Waals surface area contributed by atoms with Gasteiger partial charge >= 0.3 is 0 Å². The summed E-state index contributed by atoms with van der Waals surface area (Å²) in [7, 11) is 1.53. The highest BCUT2D eigenvalue weighted by Gasteiger charge is 2.36. The Bertz CT molecular complexity index is 1460. The number of hydrogen-bond donors (Lipinski definition) is 1. The summed E-state index contributed by atoms with van der Waals surface area (Å²) < 4.78 is 11.7. The average molecular weight is 583 g/mol. The molecular formula is C29H24Cl2N2O5S. The van der Waals surface area contributed by atoms with Gasteiger partial charge in [-0.25, -0.2) is 0 Å². The monoisotopic (exact) mass is 582 g/mol. The molecule has 0 radical (unpaired) electrons. The van der Waals surface area contributed by atoms with Gasteiger partial charge in [-0.2, -0.15) is 0 Å². The number of carbonyl (C=O) groups excluding carboxylic acids is 3. The lowest BCUT2D eigenvalue weighted by Gasteiger charge is -2.16. The standard InChI is InChI=1S/C29H24Cl2N2O5S/c1-3-6-20-13-19(14-24(37-2)27(20)38-17-18-9-11-21(30)12-10-18)15-25-28(35)33(29(36)39-25)16-26(34)32-23-8-5-4-7-22(23)31/h3-5,7-15H,1,6,16-17H2,2H3,(H,32,34)/b25-15+. The number of nitrogens with one attached hydrogen (secondary N) is 1. The van der Waals surface area contributed by atoms with Crippen molar-refractivity contribution >= 4 is 63.8 Å². The number of allylic oxidation sites excluding steroid dienone is 1. The maximum Gasteiger partial charge on any atom is 0.294 e. The summed E-state index contributed by atoms with van der Waals surface area (Å²) in [6.07, 6.45) is 3.81. The van der Waals surface area contributed by atoms with Gasteiger partial charge in [0.2, 0.25) is 5.91 Å². The summed E-state index contributed by atoms with van der Waals surface area (Å²) in [5.74, 6) is -0.0860. The van der Waals surface area contributed by atoms with Gasteiger partial charge < -0.3 is 14.8 Å². The predicted octanol–water partition coefficient (Wildman–Crippen LogP) is 6.98. The van der Waals surface area contributed by atoms with Crippen LogP contribution in [0.5, 0.6) is 11.5 Å². The second-order valence-corrected chi connectivity index (χ2v) is 10.3. The zero-order valence-corrected chi connectivity index (χ0v) is 23.2. The molecule has 1 saturated heterocycles. The minimum atomic E-state index is -0.563. The van der Waals surface area contributed by atoms with Crippen molar-refractivity contribution in [3.8, 4) is 11.5 Å². The van der Waals surface area contributed by atoms with Crippen molar-refractivity contribution < 1.29 is 23.9 Å². The molecule has 200 valence electrons. The summed E-state index contributed by atoms with van der Waals surface area (Å²) in [5.41, 5.74) is 2.76. The first kappa shape index (κ1) is 28.3. The Labute approximate surface area is 240 Å². The highest BCUT2D eigenvalue weighted by molar-refractivity contribution is 8.18. The molecule has 4 rings (SSSR count). The zero-order chi connectivity index (χ0) is 27.9. The van der Waals surface area contributed by atoms with Crippen molar-refractivity contribution in [2.24, 2.45) is 0 Å². The van der Waals surface area contributed by atoms with Crippen molar-refractivity contribution in [3.05, 3.63) is 105 Å². The zero-order valence-electron chi connectivity index (χ0n) is 20.9. The van der Waals surface area contributed by atoms with E-state index in [0.717, 1.165) is 27.8 Å². The fourth-order valence-corrected chi connectivity index (χ4v) is 4.96. The second kappa shape index (κ2) is 12.9. The van der Waals surface area contributed by atoms with Crippen LogP contribution in [0.1, 0.15) is 16.7 Å². The van der Waals surface area contributed by atoms with E-state index in [1.807, 2.05) is 18.2 Å². The normalized spacial score (nSPS) is 14.0. The van der Waals surface area contributed by atoms with Crippen molar-refractivity contribution in [2.45, 2.75) is 13.0 Å². The van der Waals surface area contributed by atoms with Crippen LogP contribution in [0.3, 0.4) is 0 Å². The SMILES string of the molecule is C=CCc1cc(/C=C2/SC(=O)N(CC(=O)Nc3ccccc3Cl)C2=O)cc(OC)c1OCc1ccc(Cl)cc1. The molecule has 0 aromatic heterocycles. The van der Waals surface area contributed by atoms with E-state index in [-0.39, 0.29) is 4.91 Å². The number of amides is 3. The number of carbonyl (C=O) groups is 3. The van der Waals surface area contributed by atoms with Gasteiger partial charge in [-0.05, 0) is 71.8 Å². The average Bonchev–Trinajstić information content (AvgIpc) is 3.17. The summed E-state index contributed by atoms with van der Waals surface area (Å²) >= 11 is 12.8. The Hall–Kier alpha value is -3.72. The first-order chi connectivity index (χ1) is 18.8. The molecule has 0 bridgehead atoms. The molecule has 1 fully saturated rings. The van der Waals surface area contributed by atoms with Gasteiger partial charge in [-0.15, -0.1) is 6.58 Å². The molecule has 39 heavy (non-hydrogen) atoms. The number of anilines is 1. The summed E-state index contributed by atoms with van der Waals surface area (Å²) in [6, 6.07) is 17.6. The first-order valence-corrected chi connectivity index (χ1v) is 13.3. The molecular weight excluding hydrogens is 559 g/mol. The van der Waals surface area contributed by atoms with Gasteiger partial charge in [-0.1, -0.05) is 53.5 Å². The third-order valence-electron chi connectivity index (χ3n) is 5.66. The Morgan fingerprint density at radius 3 is 2.54 bits per heavy atom. The van der Waals surface area contributed by atoms with E-state index in [0.29, 0.717) is 45.8 Å². The number of ether oxygens (including phenoxy) is 2. The molecule has 0 atom stereocenters. The van der Waals surface area contributed by atoms with E-state index < -0.39 is 23.6 Å². The number of para-hydroxylation sites is 1. The predicted molar refractivity (Wildman–Crippen MR) is 155 cm³/mol. The van der Waals surface area contributed by atoms with E-state index in [1.54, 1.807) is 54.6 Å². The second-order valence-electron chi connectivity index (χ2n) is 8.42. The molecule has 0 saturated carbocycles. The maximum absolute atomic E-state index is 13.0. The Morgan fingerprint density at radius 1 is 1.10 bits per heavy atom. The fourth-order valence-electron chi connectivity index (χ4n) is 3.81. The molecule has 1 aliphatic heterocycles. The number of benzene rings is 3. The van der Waals surface area contributed by atoms with Crippen LogP contribution in [0.25, 0.3) is 6.08 Å². The van der Waals surface area contributed by atoms with Crippen LogP contribution in [0, 0.1) is 0 Å². The molecule has 1 aliphatic rings. The van der Waals surface area contributed by atoms with Crippen molar-refractivity contribution in [1.29, 1.82) is 0 Å². The summed E-state index contributed by atoms with van der Waals surface area (Å²) in [6.45, 7) is 3.69. The van der Waals surface area contributed by atoms with E-state index in [4.69, 9.17) is 32.7 Å². The minimum absolute atomic E-state index is 0.187. The van der Waals surface area contributed by atoms with Gasteiger partial charge in [0.1, 0.15) is 13.2 Å². The smallest absolute Gasteiger partial charge is 0.294 e. The molecule has 1 N–H and O–H groups in total. The molecule has 3 aromatic rings. The highest BCUT2D eigenvalue weighted by atomic mass is 35.5. The molecule has 0 unspecified atom stereocenters. The fraction of sp³-hybridized carbons (Fsp3) is 0.138. The maximum atomic E-state index is 13.0. The van der Waals surface area contributed by atoms with E-state index in [9.17, 15) is 14.4 Å². The highest BCUT2D eigenvalue weighted by Crippen LogP contribution is 2.37. The molecule has 0 spiro atoms. The topological polar surface area (TPSA) is 84.9 Å². The third kappa shape index (κ3) is 7.03. The number of imide groups is 1. The number of hydrogen-bond acceptors (Lipinski definition) is 6. The minimum Gasteiger partial charge on any atom is -0.493 e. The molecule has 1 heterocycles. The largest absolute Gasteiger partial charge is 0.493 e. The molecule has 7 nitrogen and oxygen atoms in total. The van der Waals surface area contributed by atoms with Crippen LogP contribution >= 0.6 is 35.0 Å². The van der Waals surface area contributed by atoms with Crippen LogP contribution in [-0.4, -0.2) is 35.6 Å². The van der Waals surface area contributed by atoms with Crippen LogP contribution in [0.4, 0.5) is 10.5 Å². The Kier molecular flexibility index (Phi) is 9.35. The van der Waals surface area contributed by atoms with Crippen molar-refractivity contribution in [3.63, 3.8) is 0 Å². The quantitative estimate of drug-likeness (QED) is 0.205. The van der Waals surface area contributed by atoms with Gasteiger partial charge in [0.05, 0.1) is 22.7 Å². The molecule has 0 aliphatic carbocycles. The lowest BCUT2D eigenvalue weighted by Crippen LogP contribution is -2.36. The van der Waals surface area contributed by atoms with E-state index in [2.05, 4.69) is 11.9 Å². The number of nitrogens with zero attached hydrogens (tertiary/aromatic N) is 1. The third-order valence-corrected chi connectivity index (χ3v) is 7.14. The van der Waals surface area contributed by atoms with Gasteiger partial charge in [0.15, 0.2) is 11.5 Å². The lowest BCUT2D eigenvalue weighted by molar-refractivity contribution is -0.127. The van der Waals surface area contributed by atoms with Gasteiger partial charge in [-0.3, -0.25) is 19.3 Å². The van der Waals surface area contributed by atoms with E-state index in [1.165, 1.54) is 7.11 Å². The number of thioether (sulfide) groups is 1. The van der Waals surface area contributed by atoms with Crippen LogP contribution < -0.4 is 14.8 Å². The Balaban J connectivity index is 1.53.